The van der Waals surface area contributed by atoms with Crippen molar-refractivity contribution >= 4 is 11.6 Å². The van der Waals surface area contributed by atoms with Crippen molar-refractivity contribution in [1.29, 1.82) is 0 Å². The molecule has 1 unspecified atom stereocenters. The van der Waals surface area contributed by atoms with Gasteiger partial charge in [0.1, 0.15) is 0 Å². The molecule has 32 heavy (non-hydrogen) atoms. The fourth-order valence-electron chi connectivity index (χ4n) is 4.20. The van der Waals surface area contributed by atoms with E-state index in [1.54, 1.807) is 26.4 Å². The Bertz CT molecular complexity index is 1190. The highest BCUT2D eigenvalue weighted by atomic mass is 16.5. The number of amides is 1. The third-order valence-corrected chi connectivity index (χ3v) is 5.78. The first-order chi connectivity index (χ1) is 15.5. The first-order valence-electron chi connectivity index (χ1n) is 10.7. The SMILES string of the molecule is COc1ccc(-c2ccc(=O)n(CCCC(=O)N3c4ccccc4CC3C)n2)cc1OC. The molecule has 2 aromatic carbocycles. The molecule has 1 aliphatic heterocycles. The molecule has 0 fully saturated rings. The molecule has 3 aromatic rings. The van der Waals surface area contributed by atoms with Crippen LogP contribution < -0.4 is 19.9 Å². The summed E-state index contributed by atoms with van der Waals surface area (Å²) >= 11 is 0. The van der Waals surface area contributed by atoms with E-state index in [-0.39, 0.29) is 17.5 Å². The molecular formula is C25H27N3O4. The molecule has 0 spiro atoms. The van der Waals surface area contributed by atoms with Crippen LogP contribution in [-0.4, -0.2) is 35.9 Å². The van der Waals surface area contributed by atoms with Crippen molar-refractivity contribution in [3.8, 4) is 22.8 Å². The van der Waals surface area contributed by atoms with Crippen LogP contribution in [0.25, 0.3) is 11.3 Å². The van der Waals surface area contributed by atoms with Crippen LogP contribution in [-0.2, 0) is 17.8 Å². The Balaban J connectivity index is 1.45. The van der Waals surface area contributed by atoms with E-state index in [1.165, 1.54) is 16.3 Å². The van der Waals surface area contributed by atoms with Crippen LogP contribution in [0.5, 0.6) is 11.5 Å². The van der Waals surface area contributed by atoms with Gasteiger partial charge in [-0.15, -0.1) is 0 Å². The van der Waals surface area contributed by atoms with E-state index < -0.39 is 0 Å². The highest BCUT2D eigenvalue weighted by Crippen LogP contribution is 2.33. The van der Waals surface area contributed by atoms with Crippen molar-refractivity contribution in [2.45, 2.75) is 38.8 Å². The zero-order valence-electron chi connectivity index (χ0n) is 18.6. The van der Waals surface area contributed by atoms with Gasteiger partial charge in [0.25, 0.3) is 5.56 Å². The summed E-state index contributed by atoms with van der Waals surface area (Å²) in [4.78, 5) is 27.1. The van der Waals surface area contributed by atoms with Gasteiger partial charge in [0.2, 0.25) is 5.91 Å². The smallest absolute Gasteiger partial charge is 0.266 e. The number of para-hydroxylation sites is 1. The Morgan fingerprint density at radius 1 is 1.06 bits per heavy atom. The van der Waals surface area contributed by atoms with Crippen LogP contribution in [0, 0.1) is 0 Å². The predicted molar refractivity (Wildman–Crippen MR) is 123 cm³/mol. The Hall–Kier alpha value is -3.61. The molecular weight excluding hydrogens is 406 g/mol. The lowest BCUT2D eigenvalue weighted by Gasteiger charge is -2.22. The molecule has 1 amide bonds. The molecule has 0 N–H and O–H groups in total. The van der Waals surface area contributed by atoms with E-state index in [2.05, 4.69) is 18.1 Å². The molecule has 0 bridgehead atoms. The number of carbonyl (C=O) groups is 1. The van der Waals surface area contributed by atoms with Crippen molar-refractivity contribution in [1.82, 2.24) is 9.78 Å². The number of aryl methyl sites for hydroxylation is 1. The number of benzene rings is 2. The standard InChI is InChI=1S/C25H27N3O4/c1-17-15-19-7-4-5-8-21(19)28(17)25(30)9-6-14-27-24(29)13-11-20(26-27)18-10-12-22(31-2)23(16-18)32-3/h4-5,7-8,10-13,16-17H,6,9,14-15H2,1-3H3. The third-order valence-electron chi connectivity index (χ3n) is 5.78. The fraction of sp³-hybridized carbons (Fsp3) is 0.320. The maximum atomic E-state index is 12.9. The first kappa shape index (κ1) is 21.6. The van der Waals surface area contributed by atoms with E-state index in [1.807, 2.05) is 35.2 Å². The van der Waals surface area contributed by atoms with Gasteiger partial charge in [-0.1, -0.05) is 18.2 Å². The highest BCUT2D eigenvalue weighted by molar-refractivity contribution is 5.96. The van der Waals surface area contributed by atoms with Crippen molar-refractivity contribution in [2.75, 3.05) is 19.1 Å². The summed E-state index contributed by atoms with van der Waals surface area (Å²) in [5.74, 6) is 1.29. The number of fused-ring (bicyclic) bond motifs is 1. The number of rotatable bonds is 7. The Morgan fingerprint density at radius 3 is 2.62 bits per heavy atom. The van der Waals surface area contributed by atoms with E-state index in [4.69, 9.17) is 9.47 Å². The quantitative estimate of drug-likeness (QED) is 0.568. The first-order valence-corrected chi connectivity index (χ1v) is 10.7. The van der Waals surface area contributed by atoms with Crippen LogP contribution in [0.2, 0.25) is 0 Å². The van der Waals surface area contributed by atoms with Gasteiger partial charge in [-0.2, -0.15) is 5.10 Å². The molecule has 1 aromatic heterocycles. The molecule has 0 aliphatic carbocycles. The zero-order valence-corrected chi connectivity index (χ0v) is 18.6. The van der Waals surface area contributed by atoms with Crippen molar-refractivity contribution in [3.63, 3.8) is 0 Å². The molecule has 166 valence electrons. The third kappa shape index (κ3) is 4.23. The maximum absolute atomic E-state index is 12.9. The lowest BCUT2D eigenvalue weighted by atomic mass is 10.1. The number of anilines is 1. The second kappa shape index (κ2) is 9.26. The minimum atomic E-state index is -0.193. The second-order valence-corrected chi connectivity index (χ2v) is 7.90. The van der Waals surface area contributed by atoms with Gasteiger partial charge in [-0.05, 0) is 55.7 Å². The average molecular weight is 434 g/mol. The molecule has 1 aliphatic rings. The van der Waals surface area contributed by atoms with Gasteiger partial charge >= 0.3 is 0 Å². The summed E-state index contributed by atoms with van der Waals surface area (Å²) in [7, 11) is 3.16. The molecule has 2 heterocycles. The van der Waals surface area contributed by atoms with Crippen LogP contribution in [0.3, 0.4) is 0 Å². The molecule has 1 atom stereocenters. The molecule has 0 radical (unpaired) electrons. The monoisotopic (exact) mass is 433 g/mol. The van der Waals surface area contributed by atoms with Gasteiger partial charge < -0.3 is 14.4 Å². The maximum Gasteiger partial charge on any atom is 0.266 e. The molecule has 7 nitrogen and oxygen atoms in total. The minimum Gasteiger partial charge on any atom is -0.493 e. The van der Waals surface area contributed by atoms with Crippen molar-refractivity contribution in [2.24, 2.45) is 0 Å². The van der Waals surface area contributed by atoms with E-state index >= 15 is 0 Å². The number of methoxy groups -OCH3 is 2. The van der Waals surface area contributed by atoms with Gasteiger partial charge in [0.15, 0.2) is 11.5 Å². The second-order valence-electron chi connectivity index (χ2n) is 7.90. The summed E-state index contributed by atoms with van der Waals surface area (Å²) in [6, 6.07) is 16.9. The van der Waals surface area contributed by atoms with Gasteiger partial charge in [0, 0.05) is 36.3 Å². The summed E-state index contributed by atoms with van der Waals surface area (Å²) < 4.78 is 12.1. The average Bonchev–Trinajstić information content (AvgIpc) is 3.15. The minimum absolute atomic E-state index is 0.0755. The number of carbonyl (C=O) groups excluding carboxylic acids is 1. The van der Waals surface area contributed by atoms with Crippen LogP contribution >= 0.6 is 0 Å². The summed E-state index contributed by atoms with van der Waals surface area (Å²) in [5, 5.41) is 4.50. The summed E-state index contributed by atoms with van der Waals surface area (Å²) in [5.41, 5.74) is 3.47. The predicted octanol–water partition coefficient (Wildman–Crippen LogP) is 3.69. The van der Waals surface area contributed by atoms with E-state index in [9.17, 15) is 9.59 Å². The largest absolute Gasteiger partial charge is 0.493 e. The van der Waals surface area contributed by atoms with Gasteiger partial charge in [-0.3, -0.25) is 9.59 Å². The normalized spacial score (nSPS) is 14.8. The number of aromatic nitrogens is 2. The topological polar surface area (TPSA) is 73.7 Å². The number of hydrogen-bond donors (Lipinski definition) is 0. The number of hydrogen-bond acceptors (Lipinski definition) is 5. The molecule has 7 heteroatoms. The number of ether oxygens (including phenoxy) is 2. The van der Waals surface area contributed by atoms with E-state index in [0.717, 1.165) is 17.7 Å². The highest BCUT2D eigenvalue weighted by Gasteiger charge is 2.29. The van der Waals surface area contributed by atoms with Crippen molar-refractivity contribution < 1.29 is 14.3 Å². The zero-order chi connectivity index (χ0) is 22.7. The summed E-state index contributed by atoms with van der Waals surface area (Å²) in [6.45, 7) is 2.44. The number of nitrogens with zero attached hydrogens (tertiary/aromatic N) is 3. The lowest BCUT2D eigenvalue weighted by Crippen LogP contribution is -2.35. The summed E-state index contributed by atoms with van der Waals surface area (Å²) in [6.07, 6.45) is 1.76. The van der Waals surface area contributed by atoms with E-state index in [0.29, 0.717) is 36.6 Å². The Labute approximate surface area is 187 Å². The van der Waals surface area contributed by atoms with Crippen molar-refractivity contribution in [3.05, 3.63) is 70.5 Å². The molecule has 4 rings (SSSR count). The molecule has 0 saturated carbocycles. The van der Waals surface area contributed by atoms with Gasteiger partial charge in [0.05, 0.1) is 19.9 Å². The van der Waals surface area contributed by atoms with Gasteiger partial charge in [-0.25, -0.2) is 4.68 Å². The Kier molecular flexibility index (Phi) is 6.25. The van der Waals surface area contributed by atoms with Crippen LogP contribution in [0.15, 0.2) is 59.4 Å². The Morgan fingerprint density at radius 2 is 1.84 bits per heavy atom. The lowest BCUT2D eigenvalue weighted by molar-refractivity contribution is -0.119. The van der Waals surface area contributed by atoms with Crippen LogP contribution in [0.1, 0.15) is 25.3 Å². The van der Waals surface area contributed by atoms with Crippen LogP contribution in [0.4, 0.5) is 5.69 Å². The molecule has 0 saturated heterocycles. The fourth-order valence-corrected chi connectivity index (χ4v) is 4.20.